The highest BCUT2D eigenvalue weighted by Gasteiger charge is 2.33. The Balaban J connectivity index is 4.32. The van der Waals surface area contributed by atoms with Gasteiger partial charge in [0.2, 0.25) is 11.8 Å². The van der Waals surface area contributed by atoms with E-state index in [1.54, 1.807) is 0 Å². The minimum atomic E-state index is -1.31. The van der Waals surface area contributed by atoms with Gasteiger partial charge in [0.15, 0.2) is 0 Å². The van der Waals surface area contributed by atoms with Gasteiger partial charge in [0.1, 0.15) is 5.54 Å². The van der Waals surface area contributed by atoms with Gasteiger partial charge in [-0.25, -0.2) is 4.79 Å². The quantitative estimate of drug-likeness (QED) is 0.450. The molecule has 0 aliphatic rings. The first-order valence-corrected chi connectivity index (χ1v) is 5.37. The zero-order valence-electron chi connectivity index (χ0n) is 10.1. The molecule has 0 spiro atoms. The van der Waals surface area contributed by atoms with Gasteiger partial charge < -0.3 is 21.5 Å². The third kappa shape index (κ3) is 5.30. The Bertz CT molecular complexity index is 306. The summed E-state index contributed by atoms with van der Waals surface area (Å²) < 4.78 is 0. The van der Waals surface area contributed by atoms with E-state index in [-0.39, 0.29) is 13.1 Å². The summed E-state index contributed by atoms with van der Waals surface area (Å²) in [6.07, 6.45) is 0.942. The van der Waals surface area contributed by atoms with Gasteiger partial charge in [-0.05, 0) is 13.3 Å². The smallest absolute Gasteiger partial charge is 0.329 e. The topological polar surface area (TPSA) is 122 Å². The number of carboxylic acid groups (broad SMARTS) is 1. The van der Waals surface area contributed by atoms with Crippen LogP contribution in [0.15, 0.2) is 0 Å². The zero-order valence-corrected chi connectivity index (χ0v) is 10.1. The molecule has 17 heavy (non-hydrogen) atoms. The molecule has 2 amide bonds. The monoisotopic (exact) mass is 245 g/mol. The second kappa shape index (κ2) is 6.85. The molecule has 1 atom stereocenters. The van der Waals surface area contributed by atoms with Gasteiger partial charge in [-0.3, -0.25) is 9.59 Å². The molecule has 7 heteroatoms. The van der Waals surface area contributed by atoms with Crippen molar-refractivity contribution < 1.29 is 19.5 Å². The van der Waals surface area contributed by atoms with Crippen molar-refractivity contribution in [1.82, 2.24) is 10.6 Å². The molecule has 1 unspecified atom stereocenters. The van der Waals surface area contributed by atoms with Crippen molar-refractivity contribution in [1.29, 1.82) is 0 Å². The predicted octanol–water partition coefficient (Wildman–Crippen LogP) is -1.18. The summed E-state index contributed by atoms with van der Waals surface area (Å²) >= 11 is 0. The average molecular weight is 245 g/mol. The first-order valence-electron chi connectivity index (χ1n) is 5.37. The summed E-state index contributed by atoms with van der Waals surface area (Å²) in [6, 6.07) is 0. The molecular formula is C10H19N3O4. The average Bonchev–Trinajstić information content (AvgIpc) is 2.25. The van der Waals surface area contributed by atoms with Crippen LogP contribution in [0, 0.1) is 0 Å². The maximum atomic E-state index is 11.4. The molecule has 0 saturated heterocycles. The lowest BCUT2D eigenvalue weighted by Gasteiger charge is -2.25. The summed E-state index contributed by atoms with van der Waals surface area (Å²) in [5.74, 6) is -2.12. The van der Waals surface area contributed by atoms with Crippen molar-refractivity contribution in [3.63, 3.8) is 0 Å². The predicted molar refractivity (Wildman–Crippen MR) is 61.2 cm³/mol. The van der Waals surface area contributed by atoms with Crippen LogP contribution in [0.3, 0.4) is 0 Å². The summed E-state index contributed by atoms with van der Waals surface area (Å²) in [6.45, 7) is 2.77. The maximum Gasteiger partial charge on any atom is 0.329 e. The Hall–Kier alpha value is -1.63. The molecule has 0 aromatic heterocycles. The highest BCUT2D eigenvalue weighted by Crippen LogP contribution is 2.12. The Morgan fingerprint density at radius 2 is 1.88 bits per heavy atom. The van der Waals surface area contributed by atoms with Gasteiger partial charge in [0.25, 0.3) is 0 Å². The van der Waals surface area contributed by atoms with Crippen molar-refractivity contribution in [2.45, 2.75) is 32.2 Å². The molecule has 0 aliphatic heterocycles. The fourth-order valence-corrected chi connectivity index (χ4v) is 1.33. The first kappa shape index (κ1) is 15.4. The number of nitrogens with two attached hydrogens (primary N) is 1. The zero-order chi connectivity index (χ0) is 13.5. The molecule has 0 radical (unpaired) electrons. The number of rotatable bonds is 7. The van der Waals surface area contributed by atoms with Crippen molar-refractivity contribution in [2.75, 3.05) is 13.1 Å². The molecule has 0 bridgehead atoms. The lowest BCUT2D eigenvalue weighted by atomic mass is 9.96. The largest absolute Gasteiger partial charge is 0.480 e. The fourth-order valence-electron chi connectivity index (χ4n) is 1.33. The van der Waals surface area contributed by atoms with Crippen molar-refractivity contribution in [3.05, 3.63) is 0 Å². The van der Waals surface area contributed by atoms with E-state index < -0.39 is 23.3 Å². The summed E-state index contributed by atoms with van der Waals surface area (Å²) in [5, 5.41) is 13.7. The first-order chi connectivity index (χ1) is 7.85. The Morgan fingerprint density at radius 1 is 1.29 bits per heavy atom. The van der Waals surface area contributed by atoms with E-state index in [0.29, 0.717) is 12.8 Å². The van der Waals surface area contributed by atoms with Crippen molar-refractivity contribution in [2.24, 2.45) is 5.73 Å². The third-order valence-corrected chi connectivity index (χ3v) is 2.27. The fraction of sp³-hybridized carbons (Fsp3) is 0.700. The molecule has 0 aromatic rings. The summed E-state index contributed by atoms with van der Waals surface area (Å²) in [5.41, 5.74) is 3.74. The standard InChI is InChI=1S/C10H19N3O4/c1-3-4-10(2,9(16)17)13-8(15)6-12-7(14)5-11/h3-6,11H2,1-2H3,(H,12,14)(H,13,15)(H,16,17). The lowest BCUT2D eigenvalue weighted by molar-refractivity contribution is -0.147. The van der Waals surface area contributed by atoms with Crippen LogP contribution in [-0.4, -0.2) is 41.5 Å². The lowest BCUT2D eigenvalue weighted by Crippen LogP contribution is -2.54. The van der Waals surface area contributed by atoms with Gasteiger partial charge >= 0.3 is 5.97 Å². The molecule has 0 fully saturated rings. The van der Waals surface area contributed by atoms with E-state index in [2.05, 4.69) is 10.6 Å². The van der Waals surface area contributed by atoms with Crippen LogP contribution in [0.4, 0.5) is 0 Å². The molecule has 98 valence electrons. The van der Waals surface area contributed by atoms with Crippen LogP contribution in [0.2, 0.25) is 0 Å². The highest BCUT2D eigenvalue weighted by molar-refractivity contribution is 5.90. The SMILES string of the molecule is CCCC(C)(NC(=O)CNC(=O)CN)C(=O)O. The Kier molecular flexibility index (Phi) is 6.19. The number of carbonyl (C=O) groups is 3. The molecule has 0 aromatic carbocycles. The summed E-state index contributed by atoms with van der Waals surface area (Å²) in [7, 11) is 0. The van der Waals surface area contributed by atoms with E-state index >= 15 is 0 Å². The molecular weight excluding hydrogens is 226 g/mol. The van der Waals surface area contributed by atoms with Crippen LogP contribution in [0.5, 0.6) is 0 Å². The van der Waals surface area contributed by atoms with Gasteiger partial charge in [0, 0.05) is 0 Å². The molecule has 5 N–H and O–H groups in total. The number of aliphatic carboxylic acids is 1. The Morgan fingerprint density at radius 3 is 2.29 bits per heavy atom. The van der Waals surface area contributed by atoms with Crippen LogP contribution in [0.25, 0.3) is 0 Å². The van der Waals surface area contributed by atoms with Crippen molar-refractivity contribution >= 4 is 17.8 Å². The normalized spacial score (nSPS) is 13.6. The number of hydrogen-bond acceptors (Lipinski definition) is 4. The van der Waals surface area contributed by atoms with E-state index in [1.807, 2.05) is 6.92 Å². The van der Waals surface area contributed by atoms with Crippen LogP contribution >= 0.6 is 0 Å². The second-order valence-electron chi connectivity index (χ2n) is 3.92. The number of amides is 2. The highest BCUT2D eigenvalue weighted by atomic mass is 16.4. The molecule has 7 nitrogen and oxygen atoms in total. The summed E-state index contributed by atoms with van der Waals surface area (Å²) in [4.78, 5) is 33.3. The number of carboxylic acids is 1. The third-order valence-electron chi connectivity index (χ3n) is 2.27. The number of carbonyl (C=O) groups excluding carboxylic acids is 2. The van der Waals surface area contributed by atoms with Gasteiger partial charge in [0.05, 0.1) is 13.1 Å². The molecule has 0 aliphatic carbocycles. The van der Waals surface area contributed by atoms with Crippen LogP contribution < -0.4 is 16.4 Å². The molecule has 0 saturated carbocycles. The maximum absolute atomic E-state index is 11.4. The van der Waals surface area contributed by atoms with Crippen LogP contribution in [0.1, 0.15) is 26.7 Å². The van der Waals surface area contributed by atoms with Gasteiger partial charge in [-0.1, -0.05) is 13.3 Å². The van der Waals surface area contributed by atoms with E-state index in [4.69, 9.17) is 10.8 Å². The van der Waals surface area contributed by atoms with Gasteiger partial charge in [-0.2, -0.15) is 0 Å². The molecule has 0 rings (SSSR count). The minimum absolute atomic E-state index is 0.210. The van der Waals surface area contributed by atoms with Crippen molar-refractivity contribution in [3.8, 4) is 0 Å². The Labute approximate surface area is 99.7 Å². The van der Waals surface area contributed by atoms with Crippen LogP contribution in [-0.2, 0) is 14.4 Å². The minimum Gasteiger partial charge on any atom is -0.480 e. The number of nitrogens with one attached hydrogen (secondary N) is 2. The van der Waals surface area contributed by atoms with E-state index in [1.165, 1.54) is 6.92 Å². The molecule has 0 heterocycles. The van der Waals surface area contributed by atoms with E-state index in [0.717, 1.165) is 0 Å². The number of hydrogen-bond donors (Lipinski definition) is 4. The van der Waals surface area contributed by atoms with Gasteiger partial charge in [-0.15, -0.1) is 0 Å². The second-order valence-corrected chi connectivity index (χ2v) is 3.92. The van der Waals surface area contributed by atoms with E-state index in [9.17, 15) is 14.4 Å².